The first-order chi connectivity index (χ1) is 10.6. The largest absolute Gasteiger partial charge is 0.490 e. The molecule has 2 aromatic rings. The highest BCUT2D eigenvalue weighted by molar-refractivity contribution is 7.89. The summed E-state index contributed by atoms with van der Waals surface area (Å²) >= 11 is 0. The highest BCUT2D eigenvalue weighted by Crippen LogP contribution is 2.35. The number of nitrogens with one attached hydrogen (secondary N) is 3. The van der Waals surface area contributed by atoms with Crippen molar-refractivity contribution in [2.24, 2.45) is 0 Å². The Labute approximate surface area is 130 Å². The molecule has 0 aliphatic heterocycles. The van der Waals surface area contributed by atoms with Gasteiger partial charge < -0.3 is 15.0 Å². The molecule has 23 heavy (non-hydrogen) atoms. The second kappa shape index (κ2) is 5.03. The molecule has 5 N–H and O–H groups in total. The van der Waals surface area contributed by atoms with Gasteiger partial charge in [0.15, 0.2) is 0 Å². The van der Waals surface area contributed by atoms with Gasteiger partial charge in [0, 0.05) is 11.0 Å². The molecule has 0 saturated heterocycles. The zero-order valence-corrected chi connectivity index (χ0v) is 12.9. The number of H-pyrrole nitrogens is 2. The van der Waals surface area contributed by atoms with Gasteiger partial charge in [-0.15, -0.1) is 0 Å². The van der Waals surface area contributed by atoms with E-state index in [-0.39, 0.29) is 21.3 Å². The smallest absolute Gasteiger partial charge is 0.423 e. The van der Waals surface area contributed by atoms with Gasteiger partial charge in [-0.3, -0.25) is 9.78 Å². The minimum absolute atomic E-state index is 0.120. The molecule has 0 amide bonds. The fraction of sp³-hybridized carbons (Fsp3) is 0.333. The van der Waals surface area contributed by atoms with Crippen LogP contribution in [0, 0.1) is 0 Å². The van der Waals surface area contributed by atoms with Crippen LogP contribution in [0.15, 0.2) is 26.6 Å². The van der Waals surface area contributed by atoms with Gasteiger partial charge in [0.25, 0.3) is 5.56 Å². The minimum atomic E-state index is -3.95. The molecule has 1 aliphatic rings. The van der Waals surface area contributed by atoms with Gasteiger partial charge in [-0.2, -0.15) is 0 Å². The van der Waals surface area contributed by atoms with E-state index < -0.39 is 33.9 Å². The normalized spacial score (nSPS) is 16.5. The van der Waals surface area contributed by atoms with Crippen LogP contribution in [0.25, 0.3) is 10.9 Å². The molecule has 0 radical (unpaired) electrons. The van der Waals surface area contributed by atoms with Gasteiger partial charge in [-0.1, -0.05) is 0 Å². The quantitative estimate of drug-likeness (QED) is 0.396. The Kier molecular flexibility index (Phi) is 3.48. The molecule has 0 unspecified atom stereocenters. The number of benzene rings is 1. The Bertz CT molecular complexity index is 1010. The highest BCUT2D eigenvalue weighted by Gasteiger charge is 2.41. The summed E-state index contributed by atoms with van der Waals surface area (Å²) in [6.45, 7) is 1.75. The molecule has 1 heterocycles. The van der Waals surface area contributed by atoms with E-state index in [0.29, 0.717) is 12.8 Å². The third-order valence-corrected chi connectivity index (χ3v) is 5.44. The fourth-order valence-electron chi connectivity index (χ4n) is 2.30. The molecule has 3 rings (SSSR count). The van der Waals surface area contributed by atoms with E-state index in [1.54, 1.807) is 6.92 Å². The number of rotatable bonds is 4. The van der Waals surface area contributed by atoms with Gasteiger partial charge in [0.2, 0.25) is 10.0 Å². The van der Waals surface area contributed by atoms with E-state index in [9.17, 15) is 28.1 Å². The summed E-state index contributed by atoms with van der Waals surface area (Å²) in [6, 6.07) is 2.11. The van der Waals surface area contributed by atoms with Crippen LogP contribution < -0.4 is 21.4 Å². The lowest BCUT2D eigenvalue weighted by Crippen LogP contribution is -2.38. The Morgan fingerprint density at radius 3 is 2.43 bits per heavy atom. The average Bonchev–Trinajstić information content (AvgIpc) is 3.13. The molecule has 1 aromatic heterocycles. The van der Waals surface area contributed by atoms with Crippen molar-refractivity contribution >= 4 is 33.5 Å². The second-order valence-corrected chi connectivity index (χ2v) is 7.57. The standard InChI is InChI=1S/C12H14BN3O6S/c1-12(2-3-12)16-23(21,22)6-4-7-9(8(5-6)13(19)20)14-11(18)15-10(7)17/h4-5,16,19-20H,2-3H2,1H3,(H2,14,15,17,18). The van der Waals surface area contributed by atoms with Crippen LogP contribution >= 0.6 is 0 Å². The highest BCUT2D eigenvalue weighted by atomic mass is 32.2. The molecule has 122 valence electrons. The lowest BCUT2D eigenvalue weighted by atomic mass is 9.79. The number of hydrogen-bond acceptors (Lipinski definition) is 6. The zero-order valence-electron chi connectivity index (χ0n) is 12.1. The van der Waals surface area contributed by atoms with Crippen molar-refractivity contribution in [2.75, 3.05) is 0 Å². The maximum atomic E-state index is 12.4. The lowest BCUT2D eigenvalue weighted by Gasteiger charge is -2.14. The minimum Gasteiger partial charge on any atom is -0.423 e. The van der Waals surface area contributed by atoms with Crippen LogP contribution in [0.5, 0.6) is 0 Å². The number of aromatic nitrogens is 2. The summed E-state index contributed by atoms with van der Waals surface area (Å²) in [6.07, 6.45) is 1.40. The predicted molar refractivity (Wildman–Crippen MR) is 83.0 cm³/mol. The Hall–Kier alpha value is -1.95. The van der Waals surface area contributed by atoms with Crippen molar-refractivity contribution in [2.45, 2.75) is 30.2 Å². The monoisotopic (exact) mass is 339 g/mol. The van der Waals surface area contributed by atoms with E-state index in [4.69, 9.17) is 0 Å². The summed E-state index contributed by atoms with van der Waals surface area (Å²) in [5, 5.41) is 18.7. The van der Waals surface area contributed by atoms with Crippen LogP contribution in [0.4, 0.5) is 0 Å². The van der Waals surface area contributed by atoms with Crippen LogP contribution in [-0.4, -0.2) is 41.1 Å². The lowest BCUT2D eigenvalue weighted by molar-refractivity contribution is 0.426. The van der Waals surface area contributed by atoms with Crippen LogP contribution in [0.2, 0.25) is 0 Å². The number of aromatic amines is 2. The van der Waals surface area contributed by atoms with Crippen molar-refractivity contribution in [3.63, 3.8) is 0 Å². The summed E-state index contributed by atoms with van der Waals surface area (Å²) in [7, 11) is -6.00. The number of fused-ring (bicyclic) bond motifs is 1. The molecule has 9 nitrogen and oxygen atoms in total. The van der Waals surface area contributed by atoms with E-state index >= 15 is 0 Å². The van der Waals surface area contributed by atoms with Crippen molar-refractivity contribution in [3.8, 4) is 0 Å². The van der Waals surface area contributed by atoms with E-state index in [1.165, 1.54) is 0 Å². The van der Waals surface area contributed by atoms with Gasteiger partial charge in [0.1, 0.15) is 0 Å². The molecular formula is C12H14BN3O6S. The number of sulfonamides is 1. The molecule has 0 spiro atoms. The molecule has 1 fully saturated rings. The Morgan fingerprint density at radius 2 is 1.87 bits per heavy atom. The summed E-state index contributed by atoms with van der Waals surface area (Å²) in [5.41, 5.74) is -2.57. The molecule has 0 bridgehead atoms. The average molecular weight is 339 g/mol. The van der Waals surface area contributed by atoms with E-state index in [0.717, 1.165) is 12.1 Å². The maximum Gasteiger partial charge on any atom is 0.490 e. The van der Waals surface area contributed by atoms with Gasteiger partial charge in [0.05, 0.1) is 15.8 Å². The SMILES string of the molecule is CC1(NS(=O)(=O)c2cc(B(O)O)c3[nH]c(=O)[nH]c(=O)c3c2)CC1. The number of hydrogen-bond donors (Lipinski definition) is 5. The molecule has 1 saturated carbocycles. The van der Waals surface area contributed by atoms with Crippen molar-refractivity contribution in [1.82, 2.24) is 14.7 Å². The van der Waals surface area contributed by atoms with Crippen molar-refractivity contribution < 1.29 is 18.5 Å². The summed E-state index contributed by atoms with van der Waals surface area (Å²) in [5.74, 6) is 0. The van der Waals surface area contributed by atoms with Crippen LogP contribution in [0.3, 0.4) is 0 Å². The first-order valence-electron chi connectivity index (χ1n) is 6.82. The first kappa shape index (κ1) is 15.9. The molecule has 11 heteroatoms. The Balaban J connectivity index is 2.27. The predicted octanol–water partition coefficient (Wildman–Crippen LogP) is -2.27. The summed E-state index contributed by atoms with van der Waals surface area (Å²) in [4.78, 5) is 27.2. The van der Waals surface area contributed by atoms with Gasteiger partial charge >= 0.3 is 12.8 Å². The van der Waals surface area contributed by atoms with Crippen LogP contribution in [0.1, 0.15) is 19.8 Å². The zero-order chi connectivity index (χ0) is 17.0. The van der Waals surface area contributed by atoms with Crippen molar-refractivity contribution in [1.29, 1.82) is 0 Å². The third kappa shape index (κ3) is 2.95. The molecular weight excluding hydrogens is 325 g/mol. The maximum absolute atomic E-state index is 12.4. The van der Waals surface area contributed by atoms with E-state index in [2.05, 4.69) is 9.71 Å². The molecule has 1 aromatic carbocycles. The topological polar surface area (TPSA) is 152 Å². The van der Waals surface area contributed by atoms with Gasteiger partial charge in [-0.05, 0) is 31.9 Å². The third-order valence-electron chi connectivity index (χ3n) is 3.82. The van der Waals surface area contributed by atoms with Crippen LogP contribution in [-0.2, 0) is 10.0 Å². The summed E-state index contributed by atoms with van der Waals surface area (Å²) < 4.78 is 27.4. The second-order valence-electron chi connectivity index (χ2n) is 5.88. The van der Waals surface area contributed by atoms with E-state index in [1.807, 2.05) is 4.98 Å². The Morgan fingerprint density at radius 1 is 1.22 bits per heavy atom. The molecule has 1 aliphatic carbocycles. The molecule has 0 atom stereocenters. The van der Waals surface area contributed by atoms with Gasteiger partial charge in [-0.25, -0.2) is 17.9 Å². The first-order valence-corrected chi connectivity index (χ1v) is 8.30. The fourth-order valence-corrected chi connectivity index (χ4v) is 3.83. The van der Waals surface area contributed by atoms with Crippen molar-refractivity contribution in [3.05, 3.63) is 33.0 Å².